The third-order valence-electron chi connectivity index (χ3n) is 5.36. The fraction of sp³-hybridized carbons (Fsp3) is 0.800. The minimum Gasteiger partial charge on any atom is -0.393 e. The monoisotopic (exact) mass is 252 g/mol. The molecule has 0 bridgehead atoms. The van der Waals surface area contributed by atoms with Crippen LogP contribution in [0.25, 0.3) is 0 Å². The Bertz CT molecular complexity index is 383. The van der Waals surface area contributed by atoms with Gasteiger partial charge in [0, 0.05) is 6.42 Å². The van der Waals surface area contributed by atoms with E-state index in [-0.39, 0.29) is 23.7 Å². The van der Waals surface area contributed by atoms with E-state index in [9.17, 15) is 15.0 Å². The van der Waals surface area contributed by atoms with E-state index in [0.29, 0.717) is 12.3 Å². The summed E-state index contributed by atoms with van der Waals surface area (Å²) in [5.41, 5.74) is 0.241. The van der Waals surface area contributed by atoms with Crippen molar-refractivity contribution >= 4 is 5.78 Å². The molecular formula is C15H24O3. The number of ketones is 1. The normalized spacial score (nSPS) is 39.8. The van der Waals surface area contributed by atoms with Crippen LogP contribution in [0.15, 0.2) is 11.6 Å². The van der Waals surface area contributed by atoms with Gasteiger partial charge >= 0.3 is 0 Å². The molecule has 0 saturated heterocycles. The maximum Gasteiger partial charge on any atom is 0.155 e. The molecule has 102 valence electrons. The van der Waals surface area contributed by atoms with E-state index in [1.54, 1.807) is 13.0 Å². The molecule has 18 heavy (non-hydrogen) atoms. The molecule has 0 aromatic heterocycles. The second-order valence-corrected chi connectivity index (χ2v) is 6.51. The molecule has 0 aromatic carbocycles. The van der Waals surface area contributed by atoms with Gasteiger partial charge in [-0.15, -0.1) is 0 Å². The molecule has 2 aliphatic carbocycles. The van der Waals surface area contributed by atoms with Gasteiger partial charge in [-0.1, -0.05) is 12.5 Å². The van der Waals surface area contributed by atoms with Gasteiger partial charge in [-0.25, -0.2) is 0 Å². The van der Waals surface area contributed by atoms with Crippen LogP contribution in [0.3, 0.4) is 0 Å². The Kier molecular flexibility index (Phi) is 3.41. The number of rotatable bonds is 2. The van der Waals surface area contributed by atoms with Crippen molar-refractivity contribution in [1.29, 1.82) is 0 Å². The molecule has 0 heterocycles. The zero-order chi connectivity index (χ0) is 13.6. The number of carbonyl (C=O) groups excluding carboxylic acids is 1. The summed E-state index contributed by atoms with van der Waals surface area (Å²) >= 11 is 0. The second-order valence-electron chi connectivity index (χ2n) is 6.51. The van der Waals surface area contributed by atoms with Crippen molar-refractivity contribution < 1.29 is 15.0 Å². The van der Waals surface area contributed by atoms with Crippen LogP contribution in [0.2, 0.25) is 0 Å². The van der Waals surface area contributed by atoms with Crippen molar-refractivity contribution in [2.45, 2.75) is 52.1 Å². The van der Waals surface area contributed by atoms with Crippen LogP contribution in [-0.2, 0) is 4.79 Å². The van der Waals surface area contributed by atoms with Crippen LogP contribution in [0.5, 0.6) is 0 Å². The maximum absolute atomic E-state index is 11.6. The van der Waals surface area contributed by atoms with E-state index in [1.807, 2.05) is 6.92 Å². The van der Waals surface area contributed by atoms with Crippen LogP contribution in [0, 0.1) is 17.3 Å². The molecule has 1 unspecified atom stereocenters. The Morgan fingerprint density at radius 3 is 2.78 bits per heavy atom. The third kappa shape index (κ3) is 2.04. The molecular weight excluding hydrogens is 228 g/mol. The Hall–Kier alpha value is -0.670. The average molecular weight is 252 g/mol. The molecule has 4 atom stereocenters. The van der Waals surface area contributed by atoms with Crippen molar-refractivity contribution in [3.05, 3.63) is 11.6 Å². The summed E-state index contributed by atoms with van der Waals surface area (Å²) in [6, 6.07) is 0. The molecule has 1 spiro atoms. The Labute approximate surface area is 109 Å². The summed E-state index contributed by atoms with van der Waals surface area (Å²) in [5.74, 6) is 0.694. The van der Waals surface area contributed by atoms with Crippen LogP contribution >= 0.6 is 0 Å². The Morgan fingerprint density at radius 1 is 1.56 bits per heavy atom. The number of allylic oxidation sites excluding steroid dienone is 2. The summed E-state index contributed by atoms with van der Waals surface area (Å²) < 4.78 is 0. The number of aliphatic hydroxyl groups is 2. The SMILES string of the molecule is CC1=CC(=O)C[C@H](C)[C@@]12CC[C@@H](C(C)(O)CO)C2. The lowest BCUT2D eigenvalue weighted by atomic mass is 9.64. The number of aliphatic hydroxyl groups excluding tert-OH is 1. The quantitative estimate of drug-likeness (QED) is 0.791. The van der Waals surface area contributed by atoms with Gasteiger partial charge in [0.15, 0.2) is 5.78 Å². The summed E-state index contributed by atoms with van der Waals surface area (Å²) in [6.45, 7) is 5.71. The van der Waals surface area contributed by atoms with Crippen molar-refractivity contribution in [1.82, 2.24) is 0 Å². The molecule has 3 nitrogen and oxygen atoms in total. The zero-order valence-corrected chi connectivity index (χ0v) is 11.6. The fourth-order valence-electron chi connectivity index (χ4n) is 3.87. The average Bonchev–Trinajstić information content (AvgIpc) is 2.73. The molecule has 2 rings (SSSR count). The van der Waals surface area contributed by atoms with E-state index < -0.39 is 5.60 Å². The van der Waals surface area contributed by atoms with E-state index in [2.05, 4.69) is 6.92 Å². The van der Waals surface area contributed by atoms with Gasteiger partial charge < -0.3 is 10.2 Å². The van der Waals surface area contributed by atoms with Gasteiger partial charge in [0.05, 0.1) is 12.2 Å². The minimum absolute atomic E-state index is 0.0672. The van der Waals surface area contributed by atoms with E-state index >= 15 is 0 Å². The summed E-state index contributed by atoms with van der Waals surface area (Å²) in [5, 5.41) is 19.5. The van der Waals surface area contributed by atoms with Gasteiger partial charge in [0.2, 0.25) is 0 Å². The minimum atomic E-state index is -0.995. The predicted molar refractivity (Wildman–Crippen MR) is 70.0 cm³/mol. The van der Waals surface area contributed by atoms with E-state index in [0.717, 1.165) is 19.3 Å². The highest BCUT2D eigenvalue weighted by Gasteiger charge is 2.50. The molecule has 0 aromatic rings. The Balaban J connectivity index is 2.25. The first-order valence-electron chi connectivity index (χ1n) is 6.86. The van der Waals surface area contributed by atoms with E-state index in [1.165, 1.54) is 5.57 Å². The second kappa shape index (κ2) is 4.46. The topological polar surface area (TPSA) is 57.5 Å². The van der Waals surface area contributed by atoms with Gasteiger partial charge in [-0.3, -0.25) is 4.79 Å². The van der Waals surface area contributed by atoms with Gasteiger partial charge in [0.25, 0.3) is 0 Å². The summed E-state index contributed by atoms with van der Waals surface area (Å²) in [4.78, 5) is 11.6. The van der Waals surface area contributed by atoms with Crippen molar-refractivity contribution in [3.8, 4) is 0 Å². The smallest absolute Gasteiger partial charge is 0.155 e. The molecule has 0 amide bonds. The van der Waals surface area contributed by atoms with Crippen molar-refractivity contribution in [3.63, 3.8) is 0 Å². The van der Waals surface area contributed by atoms with Gasteiger partial charge in [0.1, 0.15) is 0 Å². The van der Waals surface area contributed by atoms with Crippen LogP contribution in [-0.4, -0.2) is 28.2 Å². The molecule has 2 N–H and O–H groups in total. The lowest BCUT2D eigenvalue weighted by Gasteiger charge is -2.40. The Morgan fingerprint density at radius 2 is 2.22 bits per heavy atom. The zero-order valence-electron chi connectivity index (χ0n) is 11.6. The number of carbonyl (C=O) groups is 1. The standard InChI is InChI=1S/C15H24O3/c1-10-6-13(17)7-11(2)15(10)5-4-12(8-15)14(3,18)9-16/h6,11-12,16,18H,4-5,7-9H2,1-3H3/t11-,12+,14?,15+/m0/s1. The van der Waals surface area contributed by atoms with Gasteiger partial charge in [-0.2, -0.15) is 0 Å². The van der Waals surface area contributed by atoms with Crippen LogP contribution in [0.1, 0.15) is 46.5 Å². The largest absolute Gasteiger partial charge is 0.393 e. The van der Waals surface area contributed by atoms with Crippen LogP contribution in [0.4, 0.5) is 0 Å². The first kappa shape index (κ1) is 13.8. The highest BCUT2D eigenvalue weighted by molar-refractivity contribution is 5.91. The highest BCUT2D eigenvalue weighted by Crippen LogP contribution is 2.56. The molecule has 1 saturated carbocycles. The first-order chi connectivity index (χ1) is 8.32. The summed E-state index contributed by atoms with van der Waals surface area (Å²) in [7, 11) is 0. The molecule has 2 aliphatic rings. The lowest BCUT2D eigenvalue weighted by Crippen LogP contribution is -2.39. The molecule has 3 heteroatoms. The van der Waals surface area contributed by atoms with Crippen molar-refractivity contribution in [2.24, 2.45) is 17.3 Å². The van der Waals surface area contributed by atoms with E-state index in [4.69, 9.17) is 0 Å². The molecule has 0 radical (unpaired) electrons. The fourth-order valence-corrected chi connectivity index (χ4v) is 3.87. The van der Waals surface area contributed by atoms with Crippen LogP contribution < -0.4 is 0 Å². The first-order valence-corrected chi connectivity index (χ1v) is 6.86. The van der Waals surface area contributed by atoms with Gasteiger partial charge in [-0.05, 0) is 56.4 Å². The van der Waals surface area contributed by atoms with Crippen molar-refractivity contribution in [2.75, 3.05) is 6.61 Å². The highest BCUT2D eigenvalue weighted by atomic mass is 16.3. The number of hydrogen-bond acceptors (Lipinski definition) is 3. The third-order valence-corrected chi connectivity index (χ3v) is 5.36. The summed E-state index contributed by atoms with van der Waals surface area (Å²) in [6.07, 6.45) is 5.24. The molecule has 1 fully saturated rings. The number of hydrogen-bond donors (Lipinski definition) is 2. The predicted octanol–water partition coefficient (Wildman–Crippen LogP) is 2.07. The molecule has 0 aliphatic heterocycles. The maximum atomic E-state index is 11.6. The lowest BCUT2D eigenvalue weighted by molar-refractivity contribution is -0.117.